The SMILES string of the molecule is CCC(=O)c1ccc(OC(=O)CCc2c[nH]c3ccccc23)cc1. The van der Waals surface area contributed by atoms with Crippen LogP contribution < -0.4 is 4.74 Å². The molecule has 2 aromatic carbocycles. The molecule has 1 N–H and O–H groups in total. The monoisotopic (exact) mass is 321 g/mol. The quantitative estimate of drug-likeness (QED) is 0.418. The van der Waals surface area contributed by atoms with Crippen molar-refractivity contribution in [3.63, 3.8) is 0 Å². The van der Waals surface area contributed by atoms with E-state index in [2.05, 4.69) is 4.98 Å². The number of fused-ring (bicyclic) bond motifs is 1. The van der Waals surface area contributed by atoms with E-state index < -0.39 is 0 Å². The van der Waals surface area contributed by atoms with Crippen LogP contribution in [0.1, 0.15) is 35.7 Å². The fourth-order valence-corrected chi connectivity index (χ4v) is 2.67. The van der Waals surface area contributed by atoms with Crippen molar-refractivity contribution < 1.29 is 14.3 Å². The first-order chi connectivity index (χ1) is 11.7. The van der Waals surface area contributed by atoms with Gasteiger partial charge in [0.25, 0.3) is 0 Å². The first kappa shape index (κ1) is 16.0. The second-order valence-electron chi connectivity index (χ2n) is 5.63. The number of hydrogen-bond donors (Lipinski definition) is 1. The summed E-state index contributed by atoms with van der Waals surface area (Å²) in [4.78, 5) is 26.8. The van der Waals surface area contributed by atoms with Gasteiger partial charge in [-0.2, -0.15) is 0 Å². The minimum absolute atomic E-state index is 0.0761. The Labute approximate surface area is 140 Å². The highest BCUT2D eigenvalue weighted by molar-refractivity contribution is 5.96. The van der Waals surface area contributed by atoms with Crippen molar-refractivity contribution in [2.75, 3.05) is 0 Å². The number of hydrogen-bond acceptors (Lipinski definition) is 3. The van der Waals surface area contributed by atoms with E-state index in [-0.39, 0.29) is 11.8 Å². The molecular weight excluding hydrogens is 302 g/mol. The Morgan fingerprint density at radius 2 is 1.79 bits per heavy atom. The van der Waals surface area contributed by atoms with Gasteiger partial charge in [0, 0.05) is 29.1 Å². The molecule has 0 saturated carbocycles. The van der Waals surface area contributed by atoms with Crippen LogP contribution in [0.25, 0.3) is 10.9 Å². The van der Waals surface area contributed by atoms with Crippen molar-refractivity contribution in [3.8, 4) is 5.75 Å². The molecule has 0 radical (unpaired) electrons. The zero-order valence-electron chi connectivity index (χ0n) is 13.5. The van der Waals surface area contributed by atoms with Gasteiger partial charge in [0.05, 0.1) is 6.42 Å². The molecule has 0 saturated heterocycles. The van der Waals surface area contributed by atoms with Crippen molar-refractivity contribution in [3.05, 3.63) is 65.9 Å². The van der Waals surface area contributed by atoms with Crippen molar-refractivity contribution in [1.82, 2.24) is 4.98 Å². The van der Waals surface area contributed by atoms with Gasteiger partial charge >= 0.3 is 5.97 Å². The number of ether oxygens (including phenoxy) is 1. The molecule has 1 heterocycles. The molecule has 0 aliphatic rings. The molecule has 3 aromatic rings. The van der Waals surface area contributed by atoms with Crippen LogP contribution in [0, 0.1) is 0 Å². The highest BCUT2D eigenvalue weighted by atomic mass is 16.5. The smallest absolute Gasteiger partial charge is 0.311 e. The van der Waals surface area contributed by atoms with Crippen molar-refractivity contribution in [1.29, 1.82) is 0 Å². The van der Waals surface area contributed by atoms with E-state index in [9.17, 15) is 9.59 Å². The third kappa shape index (κ3) is 3.54. The maximum absolute atomic E-state index is 12.0. The third-order valence-corrected chi connectivity index (χ3v) is 4.00. The molecule has 0 bridgehead atoms. The molecule has 0 amide bonds. The molecule has 4 nitrogen and oxygen atoms in total. The van der Waals surface area contributed by atoms with Gasteiger partial charge in [-0.05, 0) is 42.3 Å². The lowest BCUT2D eigenvalue weighted by Gasteiger charge is -2.05. The molecule has 0 spiro atoms. The summed E-state index contributed by atoms with van der Waals surface area (Å²) in [7, 11) is 0. The van der Waals surface area contributed by atoms with Gasteiger partial charge in [-0.15, -0.1) is 0 Å². The van der Waals surface area contributed by atoms with Gasteiger partial charge in [-0.3, -0.25) is 9.59 Å². The Bertz CT molecular complexity index is 862. The average molecular weight is 321 g/mol. The van der Waals surface area contributed by atoms with Crippen LogP contribution in [0.2, 0.25) is 0 Å². The van der Waals surface area contributed by atoms with Gasteiger partial charge in [-0.1, -0.05) is 25.1 Å². The number of aryl methyl sites for hydroxylation is 1. The number of aromatic nitrogens is 1. The summed E-state index contributed by atoms with van der Waals surface area (Å²) < 4.78 is 5.33. The van der Waals surface area contributed by atoms with E-state index in [0.717, 1.165) is 16.5 Å². The number of Topliss-reactive ketones (excluding diaryl/α,β-unsaturated/α-hetero) is 1. The zero-order valence-corrected chi connectivity index (χ0v) is 13.5. The molecule has 4 heteroatoms. The Morgan fingerprint density at radius 1 is 1.04 bits per heavy atom. The maximum Gasteiger partial charge on any atom is 0.311 e. The lowest BCUT2D eigenvalue weighted by Crippen LogP contribution is -2.09. The van der Waals surface area contributed by atoms with Crippen molar-refractivity contribution in [2.24, 2.45) is 0 Å². The number of para-hydroxylation sites is 1. The highest BCUT2D eigenvalue weighted by Crippen LogP contribution is 2.20. The van der Waals surface area contributed by atoms with Gasteiger partial charge in [0.2, 0.25) is 0 Å². The fourth-order valence-electron chi connectivity index (χ4n) is 2.67. The number of benzene rings is 2. The number of ketones is 1. The van der Waals surface area contributed by atoms with Crippen LogP contribution in [-0.2, 0) is 11.2 Å². The minimum atomic E-state index is -0.283. The summed E-state index contributed by atoms with van der Waals surface area (Å²) in [5.41, 5.74) is 2.81. The molecule has 0 unspecified atom stereocenters. The van der Waals surface area contributed by atoms with Crippen LogP contribution in [0.15, 0.2) is 54.7 Å². The predicted molar refractivity (Wildman–Crippen MR) is 93.3 cm³/mol. The number of rotatable bonds is 6. The van der Waals surface area contributed by atoms with E-state index in [1.54, 1.807) is 24.3 Å². The molecule has 24 heavy (non-hydrogen) atoms. The molecule has 122 valence electrons. The van der Waals surface area contributed by atoms with Crippen LogP contribution in [0.4, 0.5) is 0 Å². The highest BCUT2D eigenvalue weighted by Gasteiger charge is 2.09. The summed E-state index contributed by atoms with van der Waals surface area (Å²) in [6, 6.07) is 14.7. The average Bonchev–Trinajstić information content (AvgIpc) is 3.03. The van der Waals surface area contributed by atoms with E-state index in [0.29, 0.717) is 30.6 Å². The standard InChI is InChI=1S/C20H19NO3/c1-2-19(22)14-7-10-16(11-8-14)24-20(23)12-9-15-13-21-18-6-4-3-5-17(15)18/h3-8,10-11,13,21H,2,9,12H2,1H3. The third-order valence-electron chi connectivity index (χ3n) is 4.00. The molecule has 3 rings (SSSR count). The number of esters is 1. The van der Waals surface area contributed by atoms with Gasteiger partial charge in [-0.25, -0.2) is 0 Å². The van der Waals surface area contributed by atoms with Crippen LogP contribution in [-0.4, -0.2) is 16.7 Å². The molecule has 0 fully saturated rings. The molecule has 1 aromatic heterocycles. The molecule has 0 aliphatic heterocycles. The predicted octanol–water partition coefficient (Wildman–Crippen LogP) is 4.30. The Hall–Kier alpha value is -2.88. The van der Waals surface area contributed by atoms with Crippen LogP contribution in [0.5, 0.6) is 5.75 Å². The van der Waals surface area contributed by atoms with Crippen LogP contribution in [0.3, 0.4) is 0 Å². The lowest BCUT2D eigenvalue weighted by atomic mass is 10.1. The Morgan fingerprint density at radius 3 is 2.54 bits per heavy atom. The lowest BCUT2D eigenvalue weighted by molar-refractivity contribution is -0.134. The van der Waals surface area contributed by atoms with Gasteiger partial charge < -0.3 is 9.72 Å². The summed E-state index contributed by atoms with van der Waals surface area (Å²) in [6.07, 6.45) is 3.32. The van der Waals surface area contributed by atoms with Gasteiger partial charge in [0.1, 0.15) is 5.75 Å². The first-order valence-electron chi connectivity index (χ1n) is 8.06. The molecule has 0 aliphatic carbocycles. The van der Waals surface area contributed by atoms with E-state index >= 15 is 0 Å². The minimum Gasteiger partial charge on any atom is -0.427 e. The summed E-state index contributed by atoms with van der Waals surface area (Å²) >= 11 is 0. The number of carbonyl (C=O) groups excluding carboxylic acids is 2. The normalized spacial score (nSPS) is 10.7. The summed E-state index contributed by atoms with van der Waals surface area (Å²) in [5.74, 6) is 0.258. The van der Waals surface area contributed by atoms with E-state index in [1.807, 2.05) is 37.4 Å². The second kappa shape index (κ2) is 7.13. The van der Waals surface area contributed by atoms with Crippen molar-refractivity contribution in [2.45, 2.75) is 26.2 Å². The molecule has 0 atom stereocenters. The Balaban J connectivity index is 1.58. The Kier molecular flexibility index (Phi) is 4.75. The summed E-state index contributed by atoms with van der Waals surface area (Å²) in [6.45, 7) is 1.82. The van der Waals surface area contributed by atoms with Gasteiger partial charge in [0.15, 0.2) is 5.78 Å². The number of aromatic amines is 1. The number of carbonyl (C=O) groups is 2. The fraction of sp³-hybridized carbons (Fsp3) is 0.200. The first-order valence-corrected chi connectivity index (χ1v) is 8.06. The topological polar surface area (TPSA) is 59.2 Å². The van der Waals surface area contributed by atoms with Crippen LogP contribution >= 0.6 is 0 Å². The summed E-state index contributed by atoms with van der Waals surface area (Å²) in [5, 5.41) is 1.13. The maximum atomic E-state index is 12.0. The number of nitrogens with one attached hydrogen (secondary N) is 1. The van der Waals surface area contributed by atoms with E-state index in [4.69, 9.17) is 4.74 Å². The van der Waals surface area contributed by atoms with Crippen molar-refractivity contribution >= 4 is 22.7 Å². The number of H-pyrrole nitrogens is 1. The zero-order chi connectivity index (χ0) is 16.9. The second-order valence-corrected chi connectivity index (χ2v) is 5.63. The largest absolute Gasteiger partial charge is 0.427 e. The molecular formula is C20H19NO3. The van der Waals surface area contributed by atoms with E-state index in [1.165, 1.54) is 0 Å².